The van der Waals surface area contributed by atoms with E-state index in [9.17, 15) is 0 Å². The third-order valence-corrected chi connectivity index (χ3v) is 5.59. The van der Waals surface area contributed by atoms with Crippen molar-refractivity contribution in [3.8, 4) is 5.88 Å². The second-order valence-corrected chi connectivity index (χ2v) is 7.41. The molecule has 0 aromatic carbocycles. The van der Waals surface area contributed by atoms with Crippen molar-refractivity contribution in [2.24, 2.45) is 4.99 Å². The number of nitrogens with one attached hydrogen (secondary N) is 2. The normalized spacial score (nSPS) is 16.6. The fourth-order valence-electron chi connectivity index (χ4n) is 3.21. The Hall–Kier alpha value is -2.16. The molecule has 0 spiro atoms. The minimum atomic E-state index is 0.306. The molecule has 0 radical (unpaired) electrons. The van der Waals surface area contributed by atoms with Crippen molar-refractivity contribution in [2.75, 3.05) is 46.5 Å². The fraction of sp³-hybridized carbons (Fsp3) is 0.500. The molecule has 0 aliphatic carbocycles. The molecule has 1 unspecified atom stereocenters. The lowest BCUT2D eigenvalue weighted by atomic mass is 10.2. The standard InChI is InChI=1S/C20H29N5O2S/c1-3-21-20(23-14-16-6-4-8-22-19(16)26-2)24-15-17(18-7-5-13-28-18)25-9-11-27-12-10-25/h4-8,13,17H,3,9-12,14-15H2,1-2H3,(H2,21,23,24). The van der Waals surface area contributed by atoms with E-state index in [1.165, 1.54) is 4.88 Å². The van der Waals surface area contributed by atoms with Gasteiger partial charge in [0, 0.05) is 42.8 Å². The average molecular weight is 404 g/mol. The minimum Gasteiger partial charge on any atom is -0.481 e. The predicted octanol–water partition coefficient (Wildman–Crippen LogP) is 2.28. The topological polar surface area (TPSA) is 71.0 Å². The van der Waals surface area contributed by atoms with Crippen molar-refractivity contribution < 1.29 is 9.47 Å². The van der Waals surface area contributed by atoms with Gasteiger partial charge >= 0.3 is 0 Å². The van der Waals surface area contributed by atoms with Gasteiger partial charge in [-0.05, 0) is 24.4 Å². The first kappa shape index (κ1) is 20.6. The summed E-state index contributed by atoms with van der Waals surface area (Å²) in [5.41, 5.74) is 0.963. The number of rotatable bonds is 8. The van der Waals surface area contributed by atoms with E-state index in [0.717, 1.165) is 50.9 Å². The van der Waals surface area contributed by atoms with Crippen molar-refractivity contribution in [2.45, 2.75) is 19.5 Å². The van der Waals surface area contributed by atoms with Crippen LogP contribution in [0.15, 0.2) is 40.8 Å². The van der Waals surface area contributed by atoms with Crippen LogP contribution in [-0.2, 0) is 11.3 Å². The molecule has 1 aliphatic rings. The molecule has 2 aromatic heterocycles. The third-order valence-electron chi connectivity index (χ3n) is 4.62. The first-order valence-electron chi connectivity index (χ1n) is 9.67. The number of ether oxygens (including phenoxy) is 2. The highest BCUT2D eigenvalue weighted by Gasteiger charge is 2.23. The largest absolute Gasteiger partial charge is 0.481 e. The number of methoxy groups -OCH3 is 1. The van der Waals surface area contributed by atoms with Gasteiger partial charge in [-0.3, -0.25) is 4.90 Å². The highest BCUT2D eigenvalue weighted by molar-refractivity contribution is 7.10. The Balaban J connectivity index is 1.67. The van der Waals surface area contributed by atoms with Gasteiger partial charge in [0.1, 0.15) is 0 Å². The average Bonchev–Trinajstić information content (AvgIpc) is 3.27. The van der Waals surface area contributed by atoms with Gasteiger partial charge in [-0.15, -0.1) is 11.3 Å². The van der Waals surface area contributed by atoms with Crippen LogP contribution in [0.3, 0.4) is 0 Å². The molecule has 1 atom stereocenters. The van der Waals surface area contributed by atoms with E-state index < -0.39 is 0 Å². The Kier molecular flexibility index (Phi) is 8.07. The number of thiophene rings is 1. The molecule has 1 fully saturated rings. The lowest BCUT2D eigenvalue weighted by Gasteiger charge is -2.34. The zero-order valence-corrected chi connectivity index (χ0v) is 17.4. The molecule has 1 aliphatic heterocycles. The van der Waals surface area contributed by atoms with E-state index in [0.29, 0.717) is 18.5 Å². The van der Waals surface area contributed by atoms with Crippen LogP contribution >= 0.6 is 11.3 Å². The van der Waals surface area contributed by atoms with E-state index in [1.807, 2.05) is 12.1 Å². The predicted molar refractivity (Wildman–Crippen MR) is 113 cm³/mol. The summed E-state index contributed by atoms with van der Waals surface area (Å²) < 4.78 is 10.9. The van der Waals surface area contributed by atoms with Crippen LogP contribution < -0.4 is 15.4 Å². The molecule has 0 bridgehead atoms. The SMILES string of the molecule is CCNC(=NCc1cccnc1OC)NCC(c1cccs1)N1CCOCC1. The summed E-state index contributed by atoms with van der Waals surface area (Å²) >= 11 is 1.80. The van der Waals surface area contributed by atoms with Crippen molar-refractivity contribution in [1.29, 1.82) is 0 Å². The maximum atomic E-state index is 5.53. The van der Waals surface area contributed by atoms with Crippen LogP contribution in [0.5, 0.6) is 5.88 Å². The molecule has 2 aromatic rings. The van der Waals surface area contributed by atoms with E-state index in [2.05, 4.69) is 45.0 Å². The summed E-state index contributed by atoms with van der Waals surface area (Å²) in [5, 5.41) is 8.98. The highest BCUT2D eigenvalue weighted by atomic mass is 32.1. The molecule has 152 valence electrons. The lowest BCUT2D eigenvalue weighted by Crippen LogP contribution is -2.46. The number of pyridine rings is 1. The van der Waals surface area contributed by atoms with Crippen LogP contribution in [0.4, 0.5) is 0 Å². The Morgan fingerprint density at radius 2 is 2.18 bits per heavy atom. The summed E-state index contributed by atoms with van der Waals surface area (Å²) in [5.74, 6) is 1.41. The van der Waals surface area contributed by atoms with E-state index in [-0.39, 0.29) is 0 Å². The summed E-state index contributed by atoms with van der Waals surface area (Å²) in [6.45, 7) is 7.64. The second-order valence-electron chi connectivity index (χ2n) is 6.43. The van der Waals surface area contributed by atoms with Crippen LogP contribution in [0, 0.1) is 0 Å². The second kappa shape index (κ2) is 11.0. The molecule has 28 heavy (non-hydrogen) atoms. The third kappa shape index (κ3) is 5.67. The number of hydrogen-bond acceptors (Lipinski definition) is 6. The number of aliphatic imine (C=N–C) groups is 1. The quantitative estimate of drug-likeness (QED) is 0.521. The first-order chi connectivity index (χ1) is 13.8. The van der Waals surface area contributed by atoms with Gasteiger partial charge in [-0.1, -0.05) is 12.1 Å². The number of hydrogen-bond donors (Lipinski definition) is 2. The lowest BCUT2D eigenvalue weighted by molar-refractivity contribution is 0.0177. The highest BCUT2D eigenvalue weighted by Crippen LogP contribution is 2.25. The molecular formula is C20H29N5O2S. The zero-order chi connectivity index (χ0) is 19.6. The summed E-state index contributed by atoms with van der Waals surface area (Å²) in [7, 11) is 1.63. The monoisotopic (exact) mass is 403 g/mol. The van der Waals surface area contributed by atoms with E-state index >= 15 is 0 Å². The molecule has 7 nitrogen and oxygen atoms in total. The number of guanidine groups is 1. The molecule has 2 N–H and O–H groups in total. The number of nitrogens with zero attached hydrogens (tertiary/aromatic N) is 3. The zero-order valence-electron chi connectivity index (χ0n) is 16.6. The molecule has 8 heteroatoms. The van der Waals surface area contributed by atoms with E-state index in [1.54, 1.807) is 24.6 Å². The van der Waals surface area contributed by atoms with Crippen LogP contribution in [0.25, 0.3) is 0 Å². The molecular weight excluding hydrogens is 374 g/mol. The smallest absolute Gasteiger partial charge is 0.218 e. The Bertz CT molecular complexity index is 732. The molecule has 0 saturated carbocycles. The van der Waals surface area contributed by atoms with Gasteiger partial charge in [-0.25, -0.2) is 9.98 Å². The summed E-state index contributed by atoms with van der Waals surface area (Å²) in [6.07, 6.45) is 1.73. The maximum Gasteiger partial charge on any atom is 0.218 e. The molecule has 3 heterocycles. The summed E-state index contributed by atoms with van der Waals surface area (Å²) in [6, 6.07) is 8.51. The van der Waals surface area contributed by atoms with Crippen LogP contribution in [0.2, 0.25) is 0 Å². The van der Waals surface area contributed by atoms with Gasteiger partial charge < -0.3 is 20.1 Å². The Morgan fingerprint density at radius 3 is 2.89 bits per heavy atom. The van der Waals surface area contributed by atoms with Crippen molar-refractivity contribution in [1.82, 2.24) is 20.5 Å². The van der Waals surface area contributed by atoms with Gasteiger partial charge in [0.15, 0.2) is 5.96 Å². The van der Waals surface area contributed by atoms with E-state index in [4.69, 9.17) is 14.5 Å². The Morgan fingerprint density at radius 1 is 1.32 bits per heavy atom. The fourth-order valence-corrected chi connectivity index (χ4v) is 4.07. The van der Waals surface area contributed by atoms with Crippen molar-refractivity contribution in [3.63, 3.8) is 0 Å². The first-order valence-corrected chi connectivity index (χ1v) is 10.5. The van der Waals surface area contributed by atoms with Gasteiger partial charge in [0.2, 0.25) is 5.88 Å². The van der Waals surface area contributed by atoms with Gasteiger partial charge in [-0.2, -0.15) is 0 Å². The van der Waals surface area contributed by atoms with Crippen molar-refractivity contribution in [3.05, 3.63) is 46.3 Å². The van der Waals surface area contributed by atoms with Crippen LogP contribution in [0.1, 0.15) is 23.4 Å². The number of aromatic nitrogens is 1. The van der Waals surface area contributed by atoms with Crippen LogP contribution in [-0.4, -0.2) is 62.3 Å². The van der Waals surface area contributed by atoms with Gasteiger partial charge in [0.25, 0.3) is 0 Å². The maximum absolute atomic E-state index is 5.53. The number of morpholine rings is 1. The minimum absolute atomic E-state index is 0.306. The molecule has 0 amide bonds. The molecule has 3 rings (SSSR count). The van der Waals surface area contributed by atoms with Crippen molar-refractivity contribution >= 4 is 17.3 Å². The molecule has 1 saturated heterocycles. The Labute approximate surface area is 170 Å². The summed E-state index contributed by atoms with van der Waals surface area (Å²) in [4.78, 5) is 12.8. The van der Waals surface area contributed by atoms with Gasteiger partial charge in [0.05, 0.1) is 32.9 Å².